The van der Waals surface area contributed by atoms with Gasteiger partial charge in [-0.25, -0.2) is 0 Å². The maximum absolute atomic E-state index is 2.10. The third-order valence-corrected chi connectivity index (χ3v) is 2.29. The Bertz CT molecular complexity index is 427. The van der Waals surface area contributed by atoms with Gasteiger partial charge in [-0.1, -0.05) is 85.0 Å². The molecule has 0 bridgehead atoms. The molecule has 18 heavy (non-hydrogen) atoms. The predicted octanol–water partition coefficient (Wildman–Crippen LogP) is 2.96. The topological polar surface area (TPSA) is 0 Å². The smallest absolute Gasteiger partial charge is 0.0622 e. The first-order valence-corrected chi connectivity index (χ1v) is 5.40. The minimum absolute atomic E-state index is 0. The summed E-state index contributed by atoms with van der Waals surface area (Å²) < 4.78 is 0. The Morgan fingerprint density at radius 3 is 1.22 bits per heavy atom. The van der Waals surface area contributed by atoms with Gasteiger partial charge in [0.25, 0.3) is 0 Å². The van der Waals surface area contributed by atoms with Crippen LogP contribution in [0.15, 0.2) is 72.8 Å². The summed E-state index contributed by atoms with van der Waals surface area (Å²) in [6.07, 6.45) is 8.31. The van der Waals surface area contributed by atoms with E-state index in [1.807, 2.05) is 36.4 Å². The maximum Gasteiger partial charge on any atom is 2.00 e. The molecule has 0 N–H and O–H groups in total. The minimum Gasteiger partial charge on any atom is -0.0622 e. The van der Waals surface area contributed by atoms with Crippen LogP contribution >= 0.6 is 0 Å². The molecule has 0 aromatic heterocycles. The van der Waals surface area contributed by atoms with E-state index in [0.29, 0.717) is 0 Å². The zero-order valence-corrected chi connectivity index (χ0v) is 11.1. The maximum atomic E-state index is 2.10. The summed E-state index contributed by atoms with van der Waals surface area (Å²) in [5, 5.41) is 0. The predicted molar refractivity (Wildman–Crippen MR) is 82.3 cm³/mol. The molecular formula is C16H18SiTi+2. The summed E-state index contributed by atoms with van der Waals surface area (Å²) in [7, 11) is 0. The average molecular weight is 286 g/mol. The molecule has 2 aromatic carbocycles. The van der Waals surface area contributed by atoms with E-state index < -0.39 is 0 Å². The monoisotopic (exact) mass is 286 g/mol. The van der Waals surface area contributed by atoms with Crippen molar-refractivity contribution in [1.82, 2.24) is 0 Å². The van der Waals surface area contributed by atoms with Gasteiger partial charge in [0.15, 0.2) is 0 Å². The molecule has 2 heteroatoms. The Labute approximate surface area is 128 Å². The van der Waals surface area contributed by atoms with E-state index in [1.165, 1.54) is 11.1 Å². The van der Waals surface area contributed by atoms with Crippen molar-refractivity contribution in [3.05, 3.63) is 83.9 Å². The minimum atomic E-state index is 0. The van der Waals surface area contributed by atoms with Crippen LogP contribution in [-0.4, -0.2) is 11.0 Å². The third kappa shape index (κ3) is 5.97. The van der Waals surface area contributed by atoms with Crippen LogP contribution in [0.3, 0.4) is 0 Å². The Morgan fingerprint density at radius 1 is 0.556 bits per heavy atom. The van der Waals surface area contributed by atoms with Crippen molar-refractivity contribution in [3.8, 4) is 0 Å². The molecule has 2 rings (SSSR count). The number of allylic oxidation sites excluding steroid dienone is 2. The van der Waals surface area contributed by atoms with Gasteiger partial charge >= 0.3 is 21.7 Å². The molecular weight excluding hydrogens is 268 g/mol. The second kappa shape index (κ2) is 9.84. The van der Waals surface area contributed by atoms with Gasteiger partial charge in [0.1, 0.15) is 0 Å². The van der Waals surface area contributed by atoms with E-state index in [-0.39, 0.29) is 32.7 Å². The Hall–Kier alpha value is -1.15. The number of rotatable bonds is 3. The van der Waals surface area contributed by atoms with Crippen LogP contribution in [0.2, 0.25) is 0 Å². The second-order valence-electron chi connectivity index (χ2n) is 3.54. The van der Waals surface area contributed by atoms with E-state index in [4.69, 9.17) is 0 Å². The largest absolute Gasteiger partial charge is 2.00 e. The zero-order chi connectivity index (χ0) is 11.1. The summed E-state index contributed by atoms with van der Waals surface area (Å²) in [6.45, 7) is 0. The Morgan fingerprint density at radius 2 is 0.889 bits per heavy atom. The molecule has 0 aliphatic heterocycles. The molecule has 0 radical (unpaired) electrons. The van der Waals surface area contributed by atoms with Crippen LogP contribution in [-0.2, 0) is 21.7 Å². The summed E-state index contributed by atoms with van der Waals surface area (Å²) in [4.78, 5) is 0. The van der Waals surface area contributed by atoms with Crippen LogP contribution in [0.5, 0.6) is 0 Å². The molecule has 0 amide bonds. The van der Waals surface area contributed by atoms with Crippen molar-refractivity contribution >= 4 is 23.1 Å². The van der Waals surface area contributed by atoms with Crippen molar-refractivity contribution in [3.63, 3.8) is 0 Å². The molecule has 0 nitrogen and oxygen atoms in total. The first kappa shape index (κ1) is 16.9. The normalized spacial score (nSPS) is 10.0. The van der Waals surface area contributed by atoms with Gasteiger partial charge in [0.2, 0.25) is 0 Å². The molecule has 0 heterocycles. The third-order valence-electron chi connectivity index (χ3n) is 2.29. The van der Waals surface area contributed by atoms with Crippen LogP contribution in [0.1, 0.15) is 11.1 Å². The van der Waals surface area contributed by atoms with Gasteiger partial charge < -0.3 is 0 Å². The van der Waals surface area contributed by atoms with E-state index in [1.54, 1.807) is 0 Å². The van der Waals surface area contributed by atoms with Crippen molar-refractivity contribution < 1.29 is 21.7 Å². The molecule has 0 saturated carbocycles. The van der Waals surface area contributed by atoms with E-state index >= 15 is 0 Å². The number of benzene rings is 2. The Kier molecular flexibility index (Phi) is 9.21. The van der Waals surface area contributed by atoms with E-state index in [2.05, 4.69) is 48.6 Å². The van der Waals surface area contributed by atoms with Gasteiger partial charge in [-0.15, -0.1) is 0 Å². The summed E-state index contributed by atoms with van der Waals surface area (Å²) in [5.74, 6) is 0. The molecule has 88 valence electrons. The quantitative estimate of drug-likeness (QED) is 0.601. The van der Waals surface area contributed by atoms with E-state index in [0.717, 1.165) is 0 Å². The SMILES string of the molecule is C(C=Cc1ccccc1)=Cc1ccccc1.[SiH4].[Ti+2]. The van der Waals surface area contributed by atoms with Gasteiger partial charge in [0.05, 0.1) is 0 Å². The van der Waals surface area contributed by atoms with Crippen LogP contribution in [0, 0.1) is 0 Å². The van der Waals surface area contributed by atoms with Crippen molar-refractivity contribution in [1.29, 1.82) is 0 Å². The van der Waals surface area contributed by atoms with Gasteiger partial charge in [-0.2, -0.15) is 0 Å². The standard InChI is InChI=1S/C16H14.H4Si.Ti/c1-3-9-15(10-4-1)13-7-8-14-16-11-5-2-6-12-16;;/h1-14H;1H4;/q;;+2. The fraction of sp³-hybridized carbons (Fsp3) is 0. The van der Waals surface area contributed by atoms with Crippen LogP contribution < -0.4 is 0 Å². The second-order valence-corrected chi connectivity index (χ2v) is 3.54. The van der Waals surface area contributed by atoms with Crippen LogP contribution in [0.25, 0.3) is 12.2 Å². The van der Waals surface area contributed by atoms with Gasteiger partial charge in [-0.05, 0) is 22.1 Å². The molecule has 0 aliphatic rings. The molecule has 2 aromatic rings. The zero-order valence-electron chi connectivity index (χ0n) is 9.58. The van der Waals surface area contributed by atoms with E-state index in [9.17, 15) is 0 Å². The van der Waals surface area contributed by atoms with Crippen molar-refractivity contribution in [2.75, 3.05) is 0 Å². The first-order chi connectivity index (χ1) is 7.95. The summed E-state index contributed by atoms with van der Waals surface area (Å²) >= 11 is 0. The number of hydrogen-bond donors (Lipinski definition) is 0. The molecule has 0 spiro atoms. The van der Waals surface area contributed by atoms with Crippen molar-refractivity contribution in [2.45, 2.75) is 0 Å². The number of hydrogen-bond acceptors (Lipinski definition) is 0. The molecule has 0 aliphatic carbocycles. The summed E-state index contributed by atoms with van der Waals surface area (Å²) in [6, 6.07) is 20.6. The van der Waals surface area contributed by atoms with Gasteiger partial charge in [-0.3, -0.25) is 0 Å². The van der Waals surface area contributed by atoms with Gasteiger partial charge in [0, 0.05) is 0 Å². The average Bonchev–Trinajstić information content (AvgIpc) is 2.37. The van der Waals surface area contributed by atoms with Crippen LogP contribution in [0.4, 0.5) is 0 Å². The first-order valence-electron chi connectivity index (χ1n) is 5.40. The molecule has 0 saturated heterocycles. The van der Waals surface area contributed by atoms with Crippen molar-refractivity contribution in [2.24, 2.45) is 0 Å². The molecule has 0 unspecified atom stereocenters. The fourth-order valence-corrected chi connectivity index (χ4v) is 1.46. The summed E-state index contributed by atoms with van der Waals surface area (Å²) in [5.41, 5.74) is 2.44. The Balaban J connectivity index is 0.00000144. The fourth-order valence-electron chi connectivity index (χ4n) is 1.46. The molecule has 0 fully saturated rings. The molecule has 0 atom stereocenters.